The number of benzene rings is 1. The zero-order chi connectivity index (χ0) is 12.2. The van der Waals surface area contributed by atoms with E-state index in [2.05, 4.69) is 22.6 Å². The normalized spacial score (nSPS) is 14.7. The molecule has 0 atom stereocenters. The summed E-state index contributed by atoms with van der Waals surface area (Å²) in [4.78, 5) is 0. The van der Waals surface area contributed by atoms with E-state index in [4.69, 9.17) is 9.26 Å². The fourth-order valence-electron chi connectivity index (χ4n) is 1.72. The van der Waals surface area contributed by atoms with Crippen molar-refractivity contribution in [2.75, 3.05) is 0 Å². The first-order valence-electron chi connectivity index (χ1n) is 6.23. The summed E-state index contributed by atoms with van der Waals surface area (Å²) in [5.74, 6) is 0.867. The lowest BCUT2D eigenvalue weighted by Gasteiger charge is -2.06. The Balaban J connectivity index is 1.50. The summed E-state index contributed by atoms with van der Waals surface area (Å²) in [6.45, 7) is 1.43. The van der Waals surface area contributed by atoms with Crippen molar-refractivity contribution in [3.05, 3.63) is 47.9 Å². The van der Waals surface area contributed by atoms with Crippen LogP contribution >= 0.6 is 0 Å². The fourth-order valence-corrected chi connectivity index (χ4v) is 1.72. The summed E-state index contributed by atoms with van der Waals surface area (Å²) in [5.41, 5.74) is 2.23. The van der Waals surface area contributed by atoms with Gasteiger partial charge in [0.2, 0.25) is 0 Å². The largest absolute Gasteiger partial charge is 0.489 e. The standard InChI is InChI=1S/C14H16N2O2/c1-5-14(17-9-12-8-16-18-10-12)6-2-11(1)7-15-13-3-4-13/h1-2,5-6,8,10,13,15H,3-4,7,9H2. The second-order valence-electron chi connectivity index (χ2n) is 4.62. The zero-order valence-electron chi connectivity index (χ0n) is 10.1. The molecule has 0 amide bonds. The van der Waals surface area contributed by atoms with Crippen LogP contribution in [-0.2, 0) is 13.2 Å². The van der Waals surface area contributed by atoms with Gasteiger partial charge in [0.25, 0.3) is 0 Å². The molecule has 0 spiro atoms. The number of nitrogens with zero attached hydrogens (tertiary/aromatic N) is 1. The molecule has 1 aromatic carbocycles. The molecule has 1 aliphatic rings. The van der Waals surface area contributed by atoms with E-state index in [1.807, 2.05) is 12.1 Å². The zero-order valence-corrected chi connectivity index (χ0v) is 10.1. The number of hydrogen-bond acceptors (Lipinski definition) is 4. The Morgan fingerprint density at radius 3 is 2.72 bits per heavy atom. The van der Waals surface area contributed by atoms with Gasteiger partial charge in [-0.3, -0.25) is 0 Å². The molecule has 3 rings (SSSR count). The molecule has 1 aliphatic carbocycles. The Morgan fingerprint density at radius 2 is 2.06 bits per heavy atom. The second kappa shape index (κ2) is 5.23. The van der Waals surface area contributed by atoms with Crippen LogP contribution in [0.5, 0.6) is 5.75 Å². The molecule has 0 aliphatic heterocycles. The van der Waals surface area contributed by atoms with Crippen molar-refractivity contribution < 1.29 is 9.26 Å². The molecule has 0 radical (unpaired) electrons. The number of aromatic nitrogens is 1. The molecule has 4 nitrogen and oxygen atoms in total. The molecule has 1 N–H and O–H groups in total. The molecule has 0 bridgehead atoms. The van der Waals surface area contributed by atoms with Gasteiger partial charge in [0.15, 0.2) is 0 Å². The Kier molecular flexibility index (Phi) is 3.28. The molecule has 1 saturated carbocycles. The first kappa shape index (κ1) is 11.3. The van der Waals surface area contributed by atoms with E-state index < -0.39 is 0 Å². The summed E-state index contributed by atoms with van der Waals surface area (Å²) in [6, 6.07) is 8.93. The van der Waals surface area contributed by atoms with E-state index in [-0.39, 0.29) is 0 Å². The number of hydrogen-bond donors (Lipinski definition) is 1. The Labute approximate surface area is 106 Å². The molecule has 94 valence electrons. The van der Waals surface area contributed by atoms with Crippen LogP contribution in [0.4, 0.5) is 0 Å². The molecule has 0 unspecified atom stereocenters. The van der Waals surface area contributed by atoms with Crippen LogP contribution in [0, 0.1) is 0 Å². The summed E-state index contributed by atoms with van der Waals surface area (Å²) in [5, 5.41) is 7.12. The van der Waals surface area contributed by atoms with Crippen molar-refractivity contribution in [2.24, 2.45) is 0 Å². The number of rotatable bonds is 6. The summed E-state index contributed by atoms with van der Waals surface area (Å²) in [6.07, 6.45) is 5.89. The number of nitrogens with one attached hydrogen (secondary N) is 1. The molecule has 1 aromatic heterocycles. The van der Waals surface area contributed by atoms with Crippen LogP contribution < -0.4 is 10.1 Å². The van der Waals surface area contributed by atoms with Crippen molar-refractivity contribution in [2.45, 2.75) is 32.0 Å². The minimum atomic E-state index is 0.489. The summed E-state index contributed by atoms with van der Waals surface area (Å²) < 4.78 is 10.4. The highest BCUT2D eigenvalue weighted by Crippen LogP contribution is 2.20. The van der Waals surface area contributed by atoms with Gasteiger partial charge in [0, 0.05) is 18.2 Å². The fraction of sp³-hybridized carbons (Fsp3) is 0.357. The molecular formula is C14H16N2O2. The predicted octanol–water partition coefficient (Wildman–Crippen LogP) is 2.51. The molecule has 2 aromatic rings. The minimum absolute atomic E-state index is 0.489. The van der Waals surface area contributed by atoms with Gasteiger partial charge < -0.3 is 14.6 Å². The van der Waals surface area contributed by atoms with Gasteiger partial charge in [0.1, 0.15) is 18.6 Å². The van der Waals surface area contributed by atoms with E-state index in [1.54, 1.807) is 12.5 Å². The predicted molar refractivity (Wildman–Crippen MR) is 67.1 cm³/mol. The lowest BCUT2D eigenvalue weighted by molar-refractivity contribution is 0.304. The smallest absolute Gasteiger partial charge is 0.130 e. The van der Waals surface area contributed by atoms with Crippen molar-refractivity contribution in [1.82, 2.24) is 10.5 Å². The van der Waals surface area contributed by atoms with Crippen LogP contribution in [0.25, 0.3) is 0 Å². The van der Waals surface area contributed by atoms with Gasteiger partial charge in [-0.2, -0.15) is 0 Å². The van der Waals surface area contributed by atoms with Crippen LogP contribution in [-0.4, -0.2) is 11.2 Å². The molecule has 4 heteroatoms. The highest BCUT2D eigenvalue weighted by atomic mass is 16.5. The minimum Gasteiger partial charge on any atom is -0.489 e. The molecule has 1 fully saturated rings. The van der Waals surface area contributed by atoms with Crippen molar-refractivity contribution >= 4 is 0 Å². The van der Waals surface area contributed by atoms with Crippen molar-refractivity contribution in [3.8, 4) is 5.75 Å². The quantitative estimate of drug-likeness (QED) is 0.848. The van der Waals surface area contributed by atoms with Gasteiger partial charge in [-0.1, -0.05) is 17.3 Å². The van der Waals surface area contributed by atoms with Crippen molar-refractivity contribution in [1.29, 1.82) is 0 Å². The molecule has 18 heavy (non-hydrogen) atoms. The van der Waals surface area contributed by atoms with Crippen LogP contribution in [0.2, 0.25) is 0 Å². The molecule has 1 heterocycles. The van der Waals surface area contributed by atoms with Gasteiger partial charge in [-0.15, -0.1) is 0 Å². The third-order valence-electron chi connectivity index (χ3n) is 2.98. The molecule has 0 saturated heterocycles. The van der Waals surface area contributed by atoms with E-state index in [0.29, 0.717) is 6.61 Å². The van der Waals surface area contributed by atoms with E-state index in [9.17, 15) is 0 Å². The Hall–Kier alpha value is -1.81. The van der Waals surface area contributed by atoms with Gasteiger partial charge in [-0.05, 0) is 30.5 Å². The van der Waals surface area contributed by atoms with E-state index in [1.165, 1.54) is 18.4 Å². The number of ether oxygens (including phenoxy) is 1. The van der Waals surface area contributed by atoms with Gasteiger partial charge in [0.05, 0.1) is 6.20 Å². The monoisotopic (exact) mass is 244 g/mol. The maximum absolute atomic E-state index is 5.62. The average Bonchev–Trinajstić information content (AvgIpc) is 3.09. The maximum Gasteiger partial charge on any atom is 0.130 e. The highest BCUT2D eigenvalue weighted by molar-refractivity contribution is 5.27. The first-order chi connectivity index (χ1) is 8.90. The van der Waals surface area contributed by atoms with Crippen molar-refractivity contribution in [3.63, 3.8) is 0 Å². The van der Waals surface area contributed by atoms with Gasteiger partial charge in [-0.25, -0.2) is 0 Å². The topological polar surface area (TPSA) is 47.3 Å². The summed E-state index contributed by atoms with van der Waals surface area (Å²) in [7, 11) is 0. The van der Waals surface area contributed by atoms with Crippen LogP contribution in [0.1, 0.15) is 24.0 Å². The third-order valence-corrected chi connectivity index (χ3v) is 2.98. The second-order valence-corrected chi connectivity index (χ2v) is 4.62. The maximum atomic E-state index is 5.62. The van der Waals surface area contributed by atoms with Crippen LogP contribution in [0.3, 0.4) is 0 Å². The summed E-state index contributed by atoms with van der Waals surface area (Å²) >= 11 is 0. The Bertz CT molecular complexity index is 475. The van der Waals surface area contributed by atoms with E-state index in [0.717, 1.165) is 23.9 Å². The highest BCUT2D eigenvalue weighted by Gasteiger charge is 2.19. The molecular weight excluding hydrogens is 228 g/mol. The SMILES string of the molecule is c1cc(OCc2cnoc2)ccc1CNC1CC1. The Morgan fingerprint density at radius 1 is 1.22 bits per heavy atom. The lowest BCUT2D eigenvalue weighted by Crippen LogP contribution is -2.15. The first-order valence-corrected chi connectivity index (χ1v) is 6.23. The average molecular weight is 244 g/mol. The third kappa shape index (κ3) is 3.11. The van der Waals surface area contributed by atoms with Crippen LogP contribution in [0.15, 0.2) is 41.2 Å². The van der Waals surface area contributed by atoms with E-state index >= 15 is 0 Å². The van der Waals surface area contributed by atoms with Gasteiger partial charge >= 0.3 is 0 Å². The lowest BCUT2D eigenvalue weighted by atomic mass is 10.2.